The van der Waals surface area contributed by atoms with Crippen LogP contribution in [0.4, 0.5) is 0 Å². The smallest absolute Gasteiger partial charge is 0.317 e. The lowest BCUT2D eigenvalue weighted by Gasteiger charge is -2.12. The molecule has 0 saturated carbocycles. The molecule has 3 rings (SSSR count). The molecule has 0 spiro atoms. The maximum atomic E-state index is 12.6. The standard InChI is InChI=1S/C23H20O3S/c1-16-7-13-20(14-8-16)27-22(23(25)26)15-21(24)19-11-9-18(10-12-19)17-5-3-2-4-6-17/h2-14,22H,15H2,1H3,(H,25,26). The van der Waals surface area contributed by atoms with Crippen molar-refractivity contribution >= 4 is 23.5 Å². The summed E-state index contributed by atoms with van der Waals surface area (Å²) >= 11 is 1.21. The van der Waals surface area contributed by atoms with Crippen molar-refractivity contribution in [3.05, 3.63) is 90.0 Å². The molecule has 0 radical (unpaired) electrons. The highest BCUT2D eigenvalue weighted by Crippen LogP contribution is 2.27. The fraction of sp³-hybridized carbons (Fsp3) is 0.130. The maximum absolute atomic E-state index is 12.6. The summed E-state index contributed by atoms with van der Waals surface area (Å²) in [5.41, 5.74) is 3.75. The van der Waals surface area contributed by atoms with Gasteiger partial charge in [-0.1, -0.05) is 72.3 Å². The minimum absolute atomic E-state index is 0.0431. The number of aryl methyl sites for hydroxylation is 1. The van der Waals surface area contributed by atoms with Crippen LogP contribution in [0.25, 0.3) is 11.1 Å². The summed E-state index contributed by atoms with van der Waals surface area (Å²) < 4.78 is 0. The molecule has 0 aliphatic carbocycles. The number of Topliss-reactive ketones (excluding diaryl/α,β-unsaturated/α-hetero) is 1. The van der Waals surface area contributed by atoms with Crippen LogP contribution >= 0.6 is 11.8 Å². The van der Waals surface area contributed by atoms with Crippen LogP contribution in [0.1, 0.15) is 22.3 Å². The van der Waals surface area contributed by atoms with Gasteiger partial charge in [-0.2, -0.15) is 0 Å². The molecule has 4 heteroatoms. The summed E-state index contributed by atoms with van der Waals surface area (Å²) in [6.07, 6.45) is -0.0431. The molecule has 27 heavy (non-hydrogen) atoms. The van der Waals surface area contributed by atoms with Crippen molar-refractivity contribution in [3.8, 4) is 11.1 Å². The van der Waals surface area contributed by atoms with Gasteiger partial charge in [0.05, 0.1) is 0 Å². The number of aliphatic carboxylic acids is 1. The molecular weight excluding hydrogens is 356 g/mol. The molecule has 0 bridgehead atoms. The third-order valence-electron chi connectivity index (χ3n) is 4.26. The van der Waals surface area contributed by atoms with Crippen LogP contribution in [0.3, 0.4) is 0 Å². The van der Waals surface area contributed by atoms with Gasteiger partial charge in [-0.3, -0.25) is 9.59 Å². The summed E-state index contributed by atoms with van der Waals surface area (Å²) in [5.74, 6) is -1.14. The Balaban J connectivity index is 1.70. The number of carboxylic acid groups (broad SMARTS) is 1. The lowest BCUT2D eigenvalue weighted by molar-refractivity contribution is -0.136. The summed E-state index contributed by atoms with van der Waals surface area (Å²) in [5, 5.41) is 8.69. The SMILES string of the molecule is Cc1ccc(SC(CC(=O)c2ccc(-c3ccccc3)cc2)C(=O)O)cc1. The quantitative estimate of drug-likeness (QED) is 0.438. The molecule has 3 aromatic rings. The van der Waals surface area contributed by atoms with Crippen molar-refractivity contribution in [2.24, 2.45) is 0 Å². The number of benzene rings is 3. The van der Waals surface area contributed by atoms with Crippen molar-refractivity contribution in [2.45, 2.75) is 23.5 Å². The fourth-order valence-electron chi connectivity index (χ4n) is 2.73. The Hall–Kier alpha value is -2.85. The first kappa shape index (κ1) is 18.9. The predicted octanol–water partition coefficient (Wildman–Crippen LogP) is 5.48. The molecular formula is C23H20O3S. The molecule has 136 valence electrons. The second kappa shape index (κ2) is 8.69. The van der Waals surface area contributed by atoms with Crippen molar-refractivity contribution in [1.29, 1.82) is 0 Å². The molecule has 0 heterocycles. The molecule has 0 aromatic heterocycles. The Labute approximate surface area is 163 Å². The van der Waals surface area contributed by atoms with Crippen LogP contribution < -0.4 is 0 Å². The van der Waals surface area contributed by atoms with Gasteiger partial charge in [0.1, 0.15) is 5.25 Å². The highest BCUT2D eigenvalue weighted by Gasteiger charge is 2.23. The molecule has 1 N–H and O–H groups in total. The van der Waals surface area contributed by atoms with Crippen LogP contribution in [0.15, 0.2) is 83.8 Å². The summed E-state index contributed by atoms with van der Waals surface area (Å²) in [6.45, 7) is 1.98. The number of carboxylic acids is 1. The number of hydrogen-bond acceptors (Lipinski definition) is 3. The van der Waals surface area contributed by atoms with Gasteiger partial charge in [0, 0.05) is 16.9 Å². The monoisotopic (exact) mass is 376 g/mol. The topological polar surface area (TPSA) is 54.4 Å². The van der Waals surface area contributed by atoms with Crippen LogP contribution in [0.5, 0.6) is 0 Å². The Kier molecular flexibility index (Phi) is 6.09. The van der Waals surface area contributed by atoms with E-state index in [4.69, 9.17) is 0 Å². The predicted molar refractivity (Wildman–Crippen MR) is 109 cm³/mol. The second-order valence-corrected chi connectivity index (χ2v) is 7.60. The Morgan fingerprint density at radius 2 is 1.44 bits per heavy atom. The van der Waals surface area contributed by atoms with E-state index in [1.165, 1.54) is 11.8 Å². The lowest BCUT2D eigenvalue weighted by Crippen LogP contribution is -2.20. The number of carbonyl (C=O) groups excluding carboxylic acids is 1. The fourth-order valence-corrected chi connectivity index (χ4v) is 3.68. The molecule has 0 saturated heterocycles. The van der Waals surface area contributed by atoms with Crippen molar-refractivity contribution in [1.82, 2.24) is 0 Å². The Morgan fingerprint density at radius 1 is 0.852 bits per heavy atom. The number of ketones is 1. The van der Waals surface area contributed by atoms with Gasteiger partial charge in [-0.05, 0) is 30.2 Å². The van der Waals surface area contributed by atoms with Gasteiger partial charge in [-0.25, -0.2) is 0 Å². The third-order valence-corrected chi connectivity index (χ3v) is 5.46. The van der Waals surface area contributed by atoms with Gasteiger partial charge in [0.15, 0.2) is 5.78 Å². The average molecular weight is 376 g/mol. The number of carbonyl (C=O) groups is 2. The molecule has 3 nitrogen and oxygen atoms in total. The Bertz CT molecular complexity index is 916. The first-order valence-electron chi connectivity index (χ1n) is 8.68. The third kappa shape index (κ3) is 5.08. The molecule has 1 atom stereocenters. The van der Waals surface area contributed by atoms with Gasteiger partial charge < -0.3 is 5.11 Å². The van der Waals surface area contributed by atoms with Crippen molar-refractivity contribution < 1.29 is 14.7 Å². The minimum atomic E-state index is -0.977. The van der Waals surface area contributed by atoms with E-state index in [0.29, 0.717) is 5.56 Å². The molecule has 1 unspecified atom stereocenters. The maximum Gasteiger partial charge on any atom is 0.317 e. The van der Waals surface area contributed by atoms with Gasteiger partial charge in [0.2, 0.25) is 0 Å². The van der Waals surface area contributed by atoms with E-state index >= 15 is 0 Å². The largest absolute Gasteiger partial charge is 0.480 e. The number of rotatable bonds is 7. The minimum Gasteiger partial charge on any atom is -0.480 e. The van der Waals surface area contributed by atoms with Crippen molar-refractivity contribution in [2.75, 3.05) is 0 Å². The lowest BCUT2D eigenvalue weighted by atomic mass is 10.0. The van der Waals surface area contributed by atoms with Crippen LogP contribution in [-0.2, 0) is 4.79 Å². The summed E-state index contributed by atoms with van der Waals surface area (Å²) in [4.78, 5) is 25.0. The van der Waals surface area contributed by atoms with Crippen LogP contribution in [0.2, 0.25) is 0 Å². The first-order chi connectivity index (χ1) is 13.0. The molecule has 0 aliphatic heterocycles. The zero-order chi connectivity index (χ0) is 19.2. The highest BCUT2D eigenvalue weighted by atomic mass is 32.2. The van der Waals surface area contributed by atoms with E-state index < -0.39 is 11.2 Å². The second-order valence-electron chi connectivity index (χ2n) is 6.33. The van der Waals surface area contributed by atoms with E-state index in [1.807, 2.05) is 73.7 Å². The normalized spacial score (nSPS) is 11.7. The van der Waals surface area contributed by atoms with E-state index in [-0.39, 0.29) is 12.2 Å². The van der Waals surface area contributed by atoms with Crippen molar-refractivity contribution in [3.63, 3.8) is 0 Å². The zero-order valence-corrected chi connectivity index (χ0v) is 15.8. The summed E-state index contributed by atoms with van der Waals surface area (Å²) in [6, 6.07) is 24.9. The Morgan fingerprint density at radius 3 is 2.04 bits per heavy atom. The van der Waals surface area contributed by atoms with Gasteiger partial charge in [0.25, 0.3) is 0 Å². The van der Waals surface area contributed by atoms with Gasteiger partial charge in [-0.15, -0.1) is 11.8 Å². The van der Waals surface area contributed by atoms with E-state index in [2.05, 4.69) is 0 Å². The zero-order valence-electron chi connectivity index (χ0n) is 15.0. The number of thioether (sulfide) groups is 1. The first-order valence-corrected chi connectivity index (χ1v) is 9.56. The van der Waals surface area contributed by atoms with Crippen LogP contribution in [0, 0.1) is 6.92 Å². The molecule has 3 aromatic carbocycles. The molecule has 0 fully saturated rings. The van der Waals surface area contributed by atoms with E-state index in [9.17, 15) is 14.7 Å². The average Bonchev–Trinajstić information content (AvgIpc) is 2.69. The molecule has 0 amide bonds. The van der Waals surface area contributed by atoms with E-state index in [1.54, 1.807) is 12.1 Å². The van der Waals surface area contributed by atoms with E-state index in [0.717, 1.165) is 21.6 Å². The van der Waals surface area contributed by atoms with Crippen LogP contribution in [-0.4, -0.2) is 22.1 Å². The molecule has 0 aliphatic rings. The number of hydrogen-bond donors (Lipinski definition) is 1. The summed E-state index contributed by atoms with van der Waals surface area (Å²) in [7, 11) is 0. The highest BCUT2D eigenvalue weighted by molar-refractivity contribution is 8.00. The van der Waals surface area contributed by atoms with Gasteiger partial charge >= 0.3 is 5.97 Å².